The Bertz CT molecular complexity index is 4940. The molecule has 7 heteroatoms. The van der Waals surface area contributed by atoms with Gasteiger partial charge in [-0.3, -0.25) is 0 Å². The molecule has 0 saturated heterocycles. The molecule has 0 atom stereocenters. The van der Waals surface area contributed by atoms with Gasteiger partial charge < -0.3 is 4.57 Å². The first-order chi connectivity index (χ1) is 41.9. The van der Waals surface area contributed by atoms with Gasteiger partial charge in [-0.25, -0.2) is 4.98 Å². The van der Waals surface area contributed by atoms with Gasteiger partial charge in [0.25, 0.3) is 0 Å². The predicted molar refractivity (Wildman–Crippen MR) is 363 cm³/mol. The number of hydrogen-bond acceptors (Lipinski definition) is 3. The molecule has 0 radical (unpaired) electrons. The average molecular weight is 1360 g/mol. The van der Waals surface area contributed by atoms with Gasteiger partial charge in [-0.05, 0) is 34.6 Å². The Kier molecular flexibility index (Phi) is 14.1. The van der Waals surface area contributed by atoms with Gasteiger partial charge >= 0.3 is 373 Å². The van der Waals surface area contributed by atoms with E-state index < -0.39 is 13.3 Å². The van der Waals surface area contributed by atoms with Crippen molar-refractivity contribution in [3.8, 4) is 28.4 Å². The van der Waals surface area contributed by atoms with Crippen molar-refractivity contribution in [1.82, 2.24) is 14.1 Å². The third-order valence-corrected chi connectivity index (χ3v) is 27.5. The van der Waals surface area contributed by atoms with Crippen molar-refractivity contribution in [2.45, 2.75) is 52.4 Å². The van der Waals surface area contributed by atoms with Gasteiger partial charge in [-0.15, -0.1) is 17.5 Å². The largest absolute Gasteiger partial charge is 0 e. The standard InChI is InChI=1S/C80H63GeN4O.Pt/c1-79(2,3)55-45-46-82-76(50-55)85-73-41-21-20-37-69(73)70-44-43-63(52-75(70)85)86-62-32-22-31-61(51-62)83-53-84-77-64(38-23-39-71(77)67-35-18-16-33-65(67)66-34-17-19-36-68(66)72-40-24-42-74(83)78(72)84)54-47-56(80(4,5)6)49-60(48-54)81(57-25-10-7-11-26-57,58-27-12-8-13-28-58)59-29-14-9-15-30-59;/h7-50,53H,1-6H3;/q-3;. The van der Waals surface area contributed by atoms with E-state index >= 15 is 0 Å². The fourth-order valence-corrected chi connectivity index (χ4v) is 23.5. The fraction of sp³-hybridized carbons (Fsp3) is 0.100. The zero-order valence-corrected chi connectivity index (χ0v) is 53.9. The van der Waals surface area contributed by atoms with Crippen LogP contribution in [0.5, 0.6) is 11.5 Å². The van der Waals surface area contributed by atoms with Crippen molar-refractivity contribution in [2.24, 2.45) is 0 Å². The van der Waals surface area contributed by atoms with E-state index in [0.717, 1.165) is 66.4 Å². The van der Waals surface area contributed by atoms with E-state index in [1.54, 1.807) is 0 Å². The minimum Gasteiger partial charge on any atom is 0 e. The molecule has 0 unspecified atom stereocenters. The molecule has 0 spiro atoms. The summed E-state index contributed by atoms with van der Waals surface area (Å²) in [7, 11) is 0. The summed E-state index contributed by atoms with van der Waals surface area (Å²) in [6.45, 7) is 16.1. The molecule has 0 fully saturated rings. The monoisotopic (exact) mass is 1360 g/mol. The number of hydrogen-bond donors (Lipinski definition) is 0. The Labute approximate surface area is 526 Å². The summed E-state index contributed by atoms with van der Waals surface area (Å²) in [5, 5.41) is 9.20. The van der Waals surface area contributed by atoms with E-state index in [2.05, 4.69) is 323 Å². The molecule has 1 aliphatic rings. The molecule has 0 amide bonds. The van der Waals surface area contributed by atoms with Crippen molar-refractivity contribution >= 4 is 107 Å². The molecular weight excluding hydrogens is 1300 g/mol. The fourth-order valence-electron chi connectivity index (χ4n) is 13.4. The summed E-state index contributed by atoms with van der Waals surface area (Å²) in [4.78, 5) is 7.22. The molecule has 5 nitrogen and oxygen atoms in total. The summed E-state index contributed by atoms with van der Waals surface area (Å²) in [5.74, 6) is 2.01. The molecule has 15 rings (SSSR count). The van der Waals surface area contributed by atoms with Crippen LogP contribution in [0, 0.1) is 18.8 Å². The molecular formula is C80H63GeN4OPt-3. The van der Waals surface area contributed by atoms with Gasteiger partial charge in [0.2, 0.25) is 0 Å². The normalized spacial score (nSPS) is 12.5. The SMILES string of the molecule is CC(C)(C)c1cc(-c2cccc3c4ccccc4c4ccccc4c4cccc5c4n(c23)[CH-]N5c2[c-]c(Oc3[c-]c4c(cc3)c3ccccc3n4-c3cc(C(C)(C)C)ccn3)ccc2)c[c]([Ge]([c]2ccccc2)([c]2ccccc2)[c]2ccccc2)c1.[Pt]. The second kappa shape index (κ2) is 22.0. The molecule has 0 aliphatic carbocycles. The van der Waals surface area contributed by atoms with Crippen LogP contribution >= 0.6 is 0 Å². The number of ether oxygens (including phenoxy) is 1. The van der Waals surface area contributed by atoms with Crippen LogP contribution in [0.15, 0.2) is 267 Å². The maximum Gasteiger partial charge on any atom is 0 e. The van der Waals surface area contributed by atoms with Crippen LogP contribution in [0.1, 0.15) is 52.7 Å². The molecule has 87 heavy (non-hydrogen) atoms. The first kappa shape index (κ1) is 55.7. The van der Waals surface area contributed by atoms with Crippen molar-refractivity contribution < 1.29 is 25.8 Å². The molecule has 4 heterocycles. The minimum absolute atomic E-state index is 0. The number of aromatic nitrogens is 3. The summed E-state index contributed by atoms with van der Waals surface area (Å²) in [6.07, 6.45) is 1.91. The summed E-state index contributed by atoms with van der Waals surface area (Å²) >= 11 is -3.81. The number of benzene rings is 11. The molecule has 3 aromatic heterocycles. The number of nitrogens with zero attached hydrogens (tertiary/aromatic N) is 4. The van der Waals surface area contributed by atoms with Crippen LogP contribution in [-0.4, -0.2) is 27.4 Å². The zero-order valence-electron chi connectivity index (χ0n) is 49.5. The molecule has 0 saturated carbocycles. The van der Waals surface area contributed by atoms with E-state index in [4.69, 9.17) is 9.72 Å². The third-order valence-electron chi connectivity index (χ3n) is 17.5. The first-order valence-corrected chi connectivity index (χ1v) is 34.0. The molecule has 14 aromatic rings. The second-order valence-electron chi connectivity index (χ2n) is 24.8. The van der Waals surface area contributed by atoms with E-state index in [1.807, 2.05) is 18.3 Å². The topological polar surface area (TPSA) is 35.2 Å². The second-order valence-corrected chi connectivity index (χ2v) is 32.8. The van der Waals surface area contributed by atoms with Gasteiger partial charge in [-0.2, -0.15) is 6.07 Å². The Hall–Kier alpha value is -9.13. The van der Waals surface area contributed by atoms with E-state index in [-0.39, 0.29) is 31.9 Å². The first-order valence-electron chi connectivity index (χ1n) is 29.8. The Morgan fingerprint density at radius 3 is 1.57 bits per heavy atom. The van der Waals surface area contributed by atoms with Gasteiger partial charge in [-0.1, -0.05) is 44.5 Å². The van der Waals surface area contributed by atoms with Crippen LogP contribution in [0.4, 0.5) is 11.4 Å². The van der Waals surface area contributed by atoms with Crippen molar-refractivity contribution in [3.63, 3.8) is 0 Å². The Morgan fingerprint density at radius 2 is 0.954 bits per heavy atom. The Morgan fingerprint density at radius 1 is 0.425 bits per heavy atom. The molecule has 0 bridgehead atoms. The van der Waals surface area contributed by atoms with E-state index in [9.17, 15) is 0 Å². The number of pyridine rings is 1. The van der Waals surface area contributed by atoms with Gasteiger partial charge in [0.1, 0.15) is 5.82 Å². The van der Waals surface area contributed by atoms with Crippen molar-refractivity contribution in [2.75, 3.05) is 4.90 Å². The van der Waals surface area contributed by atoms with Gasteiger partial charge in [0.05, 0.1) is 0 Å². The van der Waals surface area contributed by atoms with Crippen LogP contribution < -0.4 is 27.2 Å². The molecule has 0 N–H and O–H groups in total. The quantitative estimate of drug-likeness (QED) is 0.107. The Balaban J connectivity index is 0.00000667. The third kappa shape index (κ3) is 9.51. The van der Waals surface area contributed by atoms with Crippen LogP contribution in [0.2, 0.25) is 0 Å². The zero-order chi connectivity index (χ0) is 58.3. The smallest absolute Gasteiger partial charge is 0 e. The van der Waals surface area contributed by atoms with Crippen LogP contribution in [0.25, 0.3) is 82.1 Å². The van der Waals surface area contributed by atoms with Gasteiger partial charge in [0.15, 0.2) is 0 Å². The summed E-state index contributed by atoms with van der Waals surface area (Å²) < 4.78 is 17.1. The van der Waals surface area contributed by atoms with Gasteiger partial charge in [0, 0.05) is 38.5 Å². The molecule has 11 aromatic carbocycles. The maximum absolute atomic E-state index is 6.88. The summed E-state index contributed by atoms with van der Waals surface area (Å²) in [6, 6.07) is 104. The van der Waals surface area contributed by atoms with Crippen LogP contribution in [0.3, 0.4) is 0 Å². The predicted octanol–water partition coefficient (Wildman–Crippen LogP) is 17.9. The van der Waals surface area contributed by atoms with E-state index in [0.29, 0.717) is 11.5 Å². The van der Waals surface area contributed by atoms with Crippen molar-refractivity contribution in [3.05, 3.63) is 297 Å². The van der Waals surface area contributed by atoms with Crippen molar-refractivity contribution in [1.29, 1.82) is 0 Å². The van der Waals surface area contributed by atoms with E-state index in [1.165, 1.54) is 55.8 Å². The minimum atomic E-state index is -3.81. The number of fused-ring (bicyclic) bond motifs is 10. The molecule has 426 valence electrons. The maximum atomic E-state index is 6.88. The average Bonchev–Trinajstić information content (AvgIpc) is 1.94. The van der Waals surface area contributed by atoms with Crippen LogP contribution in [-0.2, 0) is 31.9 Å². The number of anilines is 2. The summed E-state index contributed by atoms with van der Waals surface area (Å²) in [5.41, 5.74) is 10.6. The number of rotatable bonds is 9. The number of para-hydroxylation sites is 3. The molecule has 1 aliphatic heterocycles.